The third kappa shape index (κ3) is 4.06. The number of hydrogen-bond acceptors (Lipinski definition) is 2. The number of aromatic amines is 1. The maximum atomic E-state index is 12.7. The van der Waals surface area contributed by atoms with Gasteiger partial charge in [-0.05, 0) is 56.8 Å². The summed E-state index contributed by atoms with van der Waals surface area (Å²) in [6.45, 7) is 9.73. The lowest BCUT2D eigenvalue weighted by Crippen LogP contribution is -2.43. The molecule has 1 amide bonds. The summed E-state index contributed by atoms with van der Waals surface area (Å²) in [5.74, 6) is 0.136. The fourth-order valence-corrected chi connectivity index (χ4v) is 3.98. The molecule has 136 valence electrons. The van der Waals surface area contributed by atoms with Gasteiger partial charge in [0.15, 0.2) is 0 Å². The molecular weight excluding hydrogens is 310 g/mol. The number of fused-ring (bicyclic) bond motifs is 1. The second-order valence-corrected chi connectivity index (χ2v) is 7.28. The first-order valence-corrected chi connectivity index (χ1v) is 9.73. The first-order valence-electron chi connectivity index (χ1n) is 9.73. The van der Waals surface area contributed by atoms with Gasteiger partial charge in [-0.1, -0.05) is 32.0 Å². The van der Waals surface area contributed by atoms with E-state index in [1.165, 1.54) is 42.4 Å². The highest BCUT2D eigenvalue weighted by Gasteiger charge is 2.19. The fourth-order valence-electron chi connectivity index (χ4n) is 3.98. The Morgan fingerprint density at radius 2 is 2.04 bits per heavy atom. The van der Waals surface area contributed by atoms with E-state index in [2.05, 4.69) is 54.2 Å². The molecule has 1 aliphatic rings. The van der Waals surface area contributed by atoms with Gasteiger partial charge >= 0.3 is 0 Å². The Balaban J connectivity index is 1.69. The number of likely N-dealkylation sites (tertiary alicyclic amines) is 1. The number of aryl methyl sites for hydroxylation is 2. The number of carbonyl (C=O) groups is 1. The molecule has 1 aromatic carbocycles. The molecule has 0 aliphatic carbocycles. The minimum Gasteiger partial charge on any atom is -0.358 e. The summed E-state index contributed by atoms with van der Waals surface area (Å²) in [5.41, 5.74) is 4.75. The van der Waals surface area contributed by atoms with Gasteiger partial charge in [0.25, 0.3) is 0 Å². The summed E-state index contributed by atoms with van der Waals surface area (Å²) in [7, 11) is 0. The number of rotatable bonds is 7. The normalized spacial score (nSPS) is 16.4. The van der Waals surface area contributed by atoms with E-state index < -0.39 is 0 Å². The number of amides is 1. The zero-order valence-corrected chi connectivity index (χ0v) is 15.8. The predicted molar refractivity (Wildman–Crippen MR) is 104 cm³/mol. The molecule has 2 N–H and O–H groups in total. The van der Waals surface area contributed by atoms with Gasteiger partial charge in [0.1, 0.15) is 0 Å². The molecule has 1 unspecified atom stereocenters. The van der Waals surface area contributed by atoms with Crippen molar-refractivity contribution in [3.05, 3.63) is 35.0 Å². The van der Waals surface area contributed by atoms with E-state index in [0.717, 1.165) is 30.6 Å². The maximum Gasteiger partial charge on any atom is 0.224 e. The van der Waals surface area contributed by atoms with Crippen LogP contribution in [0.25, 0.3) is 10.9 Å². The van der Waals surface area contributed by atoms with E-state index in [9.17, 15) is 4.79 Å². The average molecular weight is 341 g/mol. The highest BCUT2D eigenvalue weighted by atomic mass is 16.1. The Morgan fingerprint density at radius 1 is 1.28 bits per heavy atom. The van der Waals surface area contributed by atoms with Crippen LogP contribution in [-0.2, 0) is 17.6 Å². The first-order chi connectivity index (χ1) is 12.1. The second-order valence-electron chi connectivity index (χ2n) is 7.28. The number of nitrogens with zero attached hydrogens (tertiary/aromatic N) is 1. The largest absolute Gasteiger partial charge is 0.358 e. The molecule has 2 heterocycles. The molecule has 3 rings (SSSR count). The molecule has 1 fully saturated rings. The SMILES string of the molecule is CCc1cccc2c(CC(=O)NC(CC)CN3CCCC3)c(C)[nH]c12. The molecule has 0 bridgehead atoms. The van der Waals surface area contributed by atoms with Crippen molar-refractivity contribution in [2.75, 3.05) is 19.6 Å². The van der Waals surface area contributed by atoms with E-state index >= 15 is 0 Å². The number of aromatic nitrogens is 1. The van der Waals surface area contributed by atoms with Crippen LogP contribution in [0, 0.1) is 6.92 Å². The van der Waals surface area contributed by atoms with E-state index in [1.54, 1.807) is 0 Å². The topological polar surface area (TPSA) is 48.1 Å². The van der Waals surface area contributed by atoms with Crippen LogP contribution in [0.1, 0.15) is 49.9 Å². The Morgan fingerprint density at radius 3 is 2.72 bits per heavy atom. The van der Waals surface area contributed by atoms with E-state index in [0.29, 0.717) is 6.42 Å². The van der Waals surface area contributed by atoms with Crippen molar-refractivity contribution in [3.63, 3.8) is 0 Å². The van der Waals surface area contributed by atoms with Gasteiger partial charge in [0, 0.05) is 29.2 Å². The lowest BCUT2D eigenvalue weighted by molar-refractivity contribution is -0.121. The number of nitrogens with one attached hydrogen (secondary N) is 2. The van der Waals surface area contributed by atoms with E-state index in [4.69, 9.17) is 0 Å². The highest BCUT2D eigenvalue weighted by molar-refractivity contribution is 5.91. The zero-order chi connectivity index (χ0) is 17.8. The van der Waals surface area contributed by atoms with Crippen molar-refractivity contribution < 1.29 is 4.79 Å². The molecule has 4 heteroatoms. The molecule has 1 saturated heterocycles. The van der Waals surface area contributed by atoms with Gasteiger partial charge in [-0.2, -0.15) is 0 Å². The van der Waals surface area contributed by atoms with Crippen molar-refractivity contribution in [2.45, 2.75) is 58.9 Å². The van der Waals surface area contributed by atoms with Gasteiger partial charge in [-0.15, -0.1) is 0 Å². The summed E-state index contributed by atoms with van der Waals surface area (Å²) in [6.07, 6.45) is 5.01. The summed E-state index contributed by atoms with van der Waals surface area (Å²) in [4.78, 5) is 18.6. The highest BCUT2D eigenvalue weighted by Crippen LogP contribution is 2.26. The van der Waals surface area contributed by atoms with Crippen molar-refractivity contribution in [1.29, 1.82) is 0 Å². The minimum atomic E-state index is 0.136. The van der Waals surface area contributed by atoms with Crippen LogP contribution in [-0.4, -0.2) is 41.5 Å². The van der Waals surface area contributed by atoms with Crippen molar-refractivity contribution in [3.8, 4) is 0 Å². The molecule has 0 saturated carbocycles. The Kier molecular flexibility index (Phi) is 5.79. The van der Waals surface area contributed by atoms with Gasteiger partial charge in [-0.25, -0.2) is 0 Å². The van der Waals surface area contributed by atoms with Gasteiger partial charge < -0.3 is 15.2 Å². The minimum absolute atomic E-state index is 0.136. The van der Waals surface area contributed by atoms with Crippen molar-refractivity contribution in [1.82, 2.24) is 15.2 Å². The smallest absolute Gasteiger partial charge is 0.224 e. The summed E-state index contributed by atoms with van der Waals surface area (Å²) >= 11 is 0. The maximum absolute atomic E-state index is 12.7. The van der Waals surface area contributed by atoms with E-state index in [-0.39, 0.29) is 11.9 Å². The first kappa shape index (κ1) is 18.0. The Hall–Kier alpha value is -1.81. The Labute approximate surface area is 151 Å². The van der Waals surface area contributed by atoms with Crippen LogP contribution in [0.3, 0.4) is 0 Å². The van der Waals surface area contributed by atoms with Crippen LogP contribution in [0.5, 0.6) is 0 Å². The van der Waals surface area contributed by atoms with Gasteiger partial charge in [0.2, 0.25) is 5.91 Å². The summed E-state index contributed by atoms with van der Waals surface area (Å²) in [6, 6.07) is 6.63. The third-order valence-corrected chi connectivity index (χ3v) is 5.49. The number of hydrogen-bond donors (Lipinski definition) is 2. The number of benzene rings is 1. The lowest BCUT2D eigenvalue weighted by atomic mass is 10.0. The van der Waals surface area contributed by atoms with Crippen molar-refractivity contribution >= 4 is 16.8 Å². The van der Waals surface area contributed by atoms with Crippen LogP contribution in [0.2, 0.25) is 0 Å². The van der Waals surface area contributed by atoms with Crippen molar-refractivity contribution in [2.24, 2.45) is 0 Å². The molecular formula is C21H31N3O. The van der Waals surface area contributed by atoms with Gasteiger partial charge in [-0.3, -0.25) is 4.79 Å². The molecule has 4 nitrogen and oxygen atoms in total. The van der Waals surface area contributed by atoms with Gasteiger partial charge in [0.05, 0.1) is 6.42 Å². The second kappa shape index (κ2) is 8.05. The quantitative estimate of drug-likeness (QED) is 0.809. The molecule has 2 aromatic rings. The van der Waals surface area contributed by atoms with Crippen LogP contribution in [0.15, 0.2) is 18.2 Å². The Bertz CT molecular complexity index is 728. The summed E-state index contributed by atoms with van der Waals surface area (Å²) in [5, 5.41) is 4.45. The van der Waals surface area contributed by atoms with E-state index in [1.807, 2.05) is 0 Å². The zero-order valence-electron chi connectivity index (χ0n) is 15.8. The monoisotopic (exact) mass is 341 g/mol. The molecule has 1 atom stereocenters. The average Bonchev–Trinajstić information content (AvgIpc) is 3.22. The molecule has 0 spiro atoms. The molecule has 1 aromatic heterocycles. The predicted octanol–water partition coefficient (Wildman–Crippen LogP) is 3.57. The number of carbonyl (C=O) groups excluding carboxylic acids is 1. The number of H-pyrrole nitrogens is 1. The molecule has 25 heavy (non-hydrogen) atoms. The van der Waals surface area contributed by atoms with Crippen LogP contribution >= 0.6 is 0 Å². The standard InChI is InChI=1S/C21H31N3O/c1-4-16-9-8-10-18-19(15(3)22-21(16)18)13-20(25)23-17(5-2)14-24-11-6-7-12-24/h8-10,17,22H,4-7,11-14H2,1-3H3,(H,23,25). The molecule has 1 aliphatic heterocycles. The lowest BCUT2D eigenvalue weighted by Gasteiger charge is -2.23. The summed E-state index contributed by atoms with van der Waals surface area (Å²) < 4.78 is 0. The third-order valence-electron chi connectivity index (χ3n) is 5.49. The fraction of sp³-hybridized carbons (Fsp3) is 0.571. The van der Waals surface area contributed by atoms with Crippen LogP contribution in [0.4, 0.5) is 0 Å². The number of para-hydroxylation sites is 1. The van der Waals surface area contributed by atoms with Crippen LogP contribution < -0.4 is 5.32 Å². The molecule has 0 radical (unpaired) electrons.